The van der Waals surface area contributed by atoms with E-state index in [2.05, 4.69) is 15.4 Å². The molecule has 0 radical (unpaired) electrons. The molecule has 6 nitrogen and oxygen atoms in total. The molecule has 128 valence electrons. The van der Waals surface area contributed by atoms with Crippen molar-refractivity contribution in [1.82, 2.24) is 20.1 Å². The molecular weight excluding hydrogens is 324 g/mol. The van der Waals surface area contributed by atoms with Crippen molar-refractivity contribution in [3.05, 3.63) is 32.2 Å². The third-order valence-electron chi connectivity index (χ3n) is 4.63. The summed E-state index contributed by atoms with van der Waals surface area (Å²) >= 11 is 1.28. The van der Waals surface area contributed by atoms with E-state index in [0.717, 1.165) is 11.3 Å². The fraction of sp³-hybridized carbons (Fsp3) is 0.529. The van der Waals surface area contributed by atoms with Crippen LogP contribution in [0.3, 0.4) is 0 Å². The number of rotatable bonds is 4. The molecule has 1 saturated carbocycles. The van der Waals surface area contributed by atoms with Crippen LogP contribution in [0.25, 0.3) is 10.6 Å². The van der Waals surface area contributed by atoms with E-state index >= 15 is 0 Å². The molecule has 0 saturated heterocycles. The zero-order chi connectivity index (χ0) is 17.6. The second-order valence-corrected chi connectivity index (χ2v) is 7.55. The minimum Gasteiger partial charge on any atom is -0.349 e. The van der Waals surface area contributed by atoms with Gasteiger partial charge in [0, 0.05) is 13.1 Å². The Balaban J connectivity index is 1.97. The Bertz CT molecular complexity index is 864. The number of nitrogens with one attached hydrogen (secondary N) is 1. The summed E-state index contributed by atoms with van der Waals surface area (Å²) in [7, 11) is 1.63. The predicted molar refractivity (Wildman–Crippen MR) is 94.4 cm³/mol. The normalized spacial score (nSPS) is 15.4. The molecule has 0 spiro atoms. The lowest BCUT2D eigenvalue weighted by atomic mass is 10.1. The minimum atomic E-state index is -0.190. The third-order valence-corrected chi connectivity index (χ3v) is 5.80. The quantitative estimate of drug-likeness (QED) is 0.922. The van der Waals surface area contributed by atoms with Gasteiger partial charge in [0.25, 0.3) is 11.5 Å². The number of nitrogens with zero attached hydrogens (tertiary/aromatic N) is 3. The first-order valence-corrected chi connectivity index (χ1v) is 8.94. The number of amides is 1. The highest BCUT2D eigenvalue weighted by molar-refractivity contribution is 7.17. The summed E-state index contributed by atoms with van der Waals surface area (Å²) in [6, 6.07) is 0.181. The Hall–Kier alpha value is -2.02. The second kappa shape index (κ2) is 6.12. The lowest BCUT2D eigenvalue weighted by molar-refractivity contribution is 0.0939. The van der Waals surface area contributed by atoms with Crippen LogP contribution >= 0.6 is 11.3 Å². The SMILES string of the molecule is Cc1nc(-c2c(C)c(C)nn(C)c2=O)sc1C(=O)N[C@@H](C)C1CC1. The van der Waals surface area contributed by atoms with E-state index in [4.69, 9.17) is 0 Å². The van der Waals surface area contributed by atoms with Gasteiger partial charge in [-0.3, -0.25) is 9.59 Å². The van der Waals surface area contributed by atoms with Gasteiger partial charge < -0.3 is 5.32 Å². The van der Waals surface area contributed by atoms with Crippen LogP contribution in [-0.2, 0) is 7.05 Å². The average molecular weight is 346 g/mol. The molecule has 3 rings (SSSR count). The number of hydrogen-bond donors (Lipinski definition) is 1. The highest BCUT2D eigenvalue weighted by Gasteiger charge is 2.30. The Morgan fingerprint density at radius 2 is 1.96 bits per heavy atom. The van der Waals surface area contributed by atoms with Crippen LogP contribution in [0.2, 0.25) is 0 Å². The van der Waals surface area contributed by atoms with Crippen molar-refractivity contribution in [2.24, 2.45) is 13.0 Å². The van der Waals surface area contributed by atoms with Gasteiger partial charge in [0.05, 0.1) is 17.0 Å². The van der Waals surface area contributed by atoms with Gasteiger partial charge in [-0.15, -0.1) is 11.3 Å². The van der Waals surface area contributed by atoms with Gasteiger partial charge in [0.1, 0.15) is 9.88 Å². The van der Waals surface area contributed by atoms with Crippen molar-refractivity contribution in [2.45, 2.75) is 46.6 Å². The maximum Gasteiger partial charge on any atom is 0.277 e. The first-order chi connectivity index (χ1) is 11.3. The zero-order valence-corrected chi connectivity index (χ0v) is 15.5. The van der Waals surface area contributed by atoms with Crippen molar-refractivity contribution in [2.75, 3.05) is 0 Å². The maximum absolute atomic E-state index is 12.5. The van der Waals surface area contributed by atoms with Crippen LogP contribution in [0.5, 0.6) is 0 Å². The second-order valence-electron chi connectivity index (χ2n) is 6.55. The number of aromatic nitrogens is 3. The number of aryl methyl sites for hydroxylation is 3. The minimum absolute atomic E-state index is 0.101. The Kier molecular flexibility index (Phi) is 4.29. The molecule has 0 unspecified atom stereocenters. The lowest BCUT2D eigenvalue weighted by Crippen LogP contribution is -2.33. The molecule has 24 heavy (non-hydrogen) atoms. The molecule has 2 heterocycles. The van der Waals surface area contributed by atoms with E-state index in [1.807, 2.05) is 27.7 Å². The number of thiazole rings is 1. The predicted octanol–water partition coefficient (Wildman–Crippen LogP) is 2.36. The summed E-state index contributed by atoms with van der Waals surface area (Å²) in [6.07, 6.45) is 2.36. The molecule has 0 aliphatic heterocycles. The summed E-state index contributed by atoms with van der Waals surface area (Å²) in [4.78, 5) is 30.1. The number of carbonyl (C=O) groups excluding carboxylic acids is 1. The van der Waals surface area contributed by atoms with Gasteiger partial charge in [-0.05, 0) is 52.0 Å². The third kappa shape index (κ3) is 3.00. The monoisotopic (exact) mass is 346 g/mol. The van der Waals surface area contributed by atoms with Crippen LogP contribution in [0, 0.1) is 26.7 Å². The first kappa shape index (κ1) is 16.8. The molecule has 2 aromatic heterocycles. The fourth-order valence-corrected chi connectivity index (χ4v) is 3.86. The molecule has 7 heteroatoms. The van der Waals surface area contributed by atoms with Gasteiger partial charge in [-0.2, -0.15) is 5.10 Å². The summed E-state index contributed by atoms with van der Waals surface area (Å²) < 4.78 is 1.32. The van der Waals surface area contributed by atoms with Crippen molar-refractivity contribution < 1.29 is 4.79 Å². The van der Waals surface area contributed by atoms with Crippen molar-refractivity contribution in [1.29, 1.82) is 0 Å². The lowest BCUT2D eigenvalue weighted by Gasteiger charge is -2.11. The smallest absolute Gasteiger partial charge is 0.277 e. The van der Waals surface area contributed by atoms with Crippen LogP contribution in [0.4, 0.5) is 0 Å². The van der Waals surface area contributed by atoms with Crippen molar-refractivity contribution >= 4 is 17.2 Å². The van der Waals surface area contributed by atoms with E-state index in [-0.39, 0.29) is 17.5 Å². The van der Waals surface area contributed by atoms with Crippen molar-refractivity contribution in [3.63, 3.8) is 0 Å². The van der Waals surface area contributed by atoms with E-state index in [1.54, 1.807) is 7.05 Å². The molecule has 2 aromatic rings. The molecule has 0 bridgehead atoms. The standard InChI is InChI=1S/C17H22N4O2S/c1-8-9(2)20-21(5)17(23)13(8)16-19-11(4)14(24-16)15(22)18-10(3)12-6-7-12/h10,12H,6-7H2,1-5H3,(H,18,22)/t10-/m0/s1. The molecular formula is C17H22N4O2S. The van der Waals surface area contributed by atoms with Crippen molar-refractivity contribution in [3.8, 4) is 10.6 Å². The number of hydrogen-bond acceptors (Lipinski definition) is 5. The highest BCUT2D eigenvalue weighted by atomic mass is 32.1. The van der Waals surface area contributed by atoms with E-state index in [0.29, 0.717) is 27.1 Å². The first-order valence-electron chi connectivity index (χ1n) is 8.12. The highest BCUT2D eigenvalue weighted by Crippen LogP contribution is 2.33. The molecule has 1 aliphatic rings. The Labute approximate surface area is 144 Å². The topological polar surface area (TPSA) is 76.9 Å². The van der Waals surface area contributed by atoms with Crippen LogP contribution in [0.1, 0.15) is 46.4 Å². The average Bonchev–Trinajstić information content (AvgIpc) is 3.29. The summed E-state index contributed by atoms with van der Waals surface area (Å²) in [5, 5.41) is 7.83. The van der Waals surface area contributed by atoms with Crippen LogP contribution < -0.4 is 10.9 Å². The molecule has 1 aliphatic carbocycles. The number of carbonyl (C=O) groups is 1. The van der Waals surface area contributed by atoms with E-state index < -0.39 is 0 Å². The van der Waals surface area contributed by atoms with Gasteiger partial charge in [0.15, 0.2) is 0 Å². The molecule has 1 N–H and O–H groups in total. The Morgan fingerprint density at radius 1 is 1.29 bits per heavy atom. The fourth-order valence-electron chi connectivity index (χ4n) is 2.80. The van der Waals surface area contributed by atoms with Crippen LogP contribution in [-0.4, -0.2) is 26.7 Å². The molecule has 1 amide bonds. The molecule has 1 fully saturated rings. The van der Waals surface area contributed by atoms with Gasteiger partial charge in [-0.1, -0.05) is 0 Å². The van der Waals surface area contributed by atoms with E-state index in [9.17, 15) is 9.59 Å². The molecule has 1 atom stereocenters. The van der Waals surface area contributed by atoms with Gasteiger partial charge in [0.2, 0.25) is 0 Å². The summed E-state index contributed by atoms with van der Waals surface area (Å²) in [6.45, 7) is 7.58. The molecule has 0 aromatic carbocycles. The summed E-state index contributed by atoms with van der Waals surface area (Å²) in [5.41, 5.74) is 2.60. The zero-order valence-electron chi connectivity index (χ0n) is 14.6. The van der Waals surface area contributed by atoms with E-state index in [1.165, 1.54) is 28.9 Å². The van der Waals surface area contributed by atoms with Crippen LogP contribution in [0.15, 0.2) is 4.79 Å². The van der Waals surface area contributed by atoms with Gasteiger partial charge >= 0.3 is 0 Å². The maximum atomic E-state index is 12.5. The summed E-state index contributed by atoms with van der Waals surface area (Å²) in [5.74, 6) is 0.495. The largest absolute Gasteiger partial charge is 0.349 e. The Morgan fingerprint density at radius 3 is 2.58 bits per heavy atom. The van der Waals surface area contributed by atoms with Gasteiger partial charge in [-0.25, -0.2) is 9.67 Å².